The molecule has 33 heavy (non-hydrogen) atoms. The van der Waals surface area contributed by atoms with E-state index in [4.69, 9.17) is 16.6 Å². The van der Waals surface area contributed by atoms with Gasteiger partial charge in [-0.1, -0.05) is 37.3 Å². The zero-order valence-electron chi connectivity index (χ0n) is 18.1. The van der Waals surface area contributed by atoms with E-state index in [1.165, 1.54) is 5.56 Å². The average Bonchev–Trinajstić information content (AvgIpc) is 3.43. The van der Waals surface area contributed by atoms with Crippen LogP contribution < -0.4 is 10.6 Å². The SMILES string of the molecule is CCc1ccc(-n2nc3cc(C)c(NC(=S)NC(=O)c4cc5ccccc5o4)cc3n2)cc1. The number of nitrogens with zero attached hydrogens (tertiary/aromatic N) is 3. The molecule has 0 unspecified atom stereocenters. The van der Waals surface area contributed by atoms with Gasteiger partial charge in [0.25, 0.3) is 5.91 Å². The molecule has 0 saturated carbocycles. The van der Waals surface area contributed by atoms with Crippen LogP contribution in [-0.4, -0.2) is 26.0 Å². The molecule has 3 aromatic carbocycles. The predicted molar refractivity (Wildman–Crippen MR) is 133 cm³/mol. The number of fused-ring (bicyclic) bond motifs is 2. The number of benzene rings is 3. The first-order valence-electron chi connectivity index (χ1n) is 10.6. The maximum Gasteiger partial charge on any atom is 0.293 e. The van der Waals surface area contributed by atoms with Crippen molar-refractivity contribution in [1.29, 1.82) is 0 Å². The van der Waals surface area contributed by atoms with Crippen molar-refractivity contribution in [2.45, 2.75) is 20.3 Å². The molecule has 5 aromatic rings. The Bertz CT molecular complexity index is 1470. The van der Waals surface area contributed by atoms with Gasteiger partial charge in [-0.15, -0.1) is 10.2 Å². The lowest BCUT2D eigenvalue weighted by molar-refractivity contribution is 0.0953. The first-order chi connectivity index (χ1) is 16.0. The summed E-state index contributed by atoms with van der Waals surface area (Å²) in [5.41, 5.74) is 5.96. The second kappa shape index (κ2) is 8.48. The molecule has 8 heteroatoms. The first-order valence-corrected chi connectivity index (χ1v) is 11.0. The number of carbonyl (C=O) groups is 1. The molecular formula is C25H21N5O2S. The molecule has 7 nitrogen and oxygen atoms in total. The highest BCUT2D eigenvalue weighted by molar-refractivity contribution is 7.80. The van der Waals surface area contributed by atoms with E-state index in [2.05, 4.69) is 39.9 Å². The van der Waals surface area contributed by atoms with Crippen molar-refractivity contribution < 1.29 is 9.21 Å². The number of aryl methyl sites for hydroxylation is 2. The zero-order valence-corrected chi connectivity index (χ0v) is 18.9. The molecular weight excluding hydrogens is 434 g/mol. The van der Waals surface area contributed by atoms with Crippen molar-refractivity contribution in [1.82, 2.24) is 20.3 Å². The molecule has 0 saturated heterocycles. The number of hydrogen-bond acceptors (Lipinski definition) is 5. The van der Waals surface area contributed by atoms with Crippen LogP contribution in [0.3, 0.4) is 0 Å². The molecule has 0 atom stereocenters. The van der Waals surface area contributed by atoms with Gasteiger partial charge in [0.15, 0.2) is 10.9 Å². The predicted octanol–water partition coefficient (Wildman–Crippen LogP) is 5.16. The maximum absolute atomic E-state index is 12.6. The van der Waals surface area contributed by atoms with Crippen molar-refractivity contribution >= 4 is 50.9 Å². The summed E-state index contributed by atoms with van der Waals surface area (Å²) < 4.78 is 5.60. The van der Waals surface area contributed by atoms with Crippen molar-refractivity contribution in [2.24, 2.45) is 0 Å². The number of hydrogen-bond donors (Lipinski definition) is 2. The second-order valence-electron chi connectivity index (χ2n) is 7.72. The Kier molecular flexibility index (Phi) is 5.35. The fraction of sp³-hybridized carbons (Fsp3) is 0.120. The number of aromatic nitrogens is 3. The minimum absolute atomic E-state index is 0.172. The minimum atomic E-state index is -0.413. The van der Waals surface area contributed by atoms with Crippen LogP contribution >= 0.6 is 12.2 Å². The molecule has 0 aliphatic heterocycles. The number of amides is 1. The third-order valence-corrected chi connectivity index (χ3v) is 5.63. The summed E-state index contributed by atoms with van der Waals surface area (Å²) >= 11 is 5.35. The summed E-state index contributed by atoms with van der Waals surface area (Å²) in [6.07, 6.45) is 0.982. The summed E-state index contributed by atoms with van der Waals surface area (Å²) in [4.78, 5) is 14.2. The summed E-state index contributed by atoms with van der Waals surface area (Å²) in [6, 6.07) is 21.1. The van der Waals surface area contributed by atoms with Crippen LogP contribution in [0, 0.1) is 6.92 Å². The van der Waals surface area contributed by atoms with Crippen molar-refractivity contribution in [3.8, 4) is 5.69 Å². The minimum Gasteiger partial charge on any atom is -0.451 e. The number of thiocarbonyl (C=S) groups is 1. The third kappa shape index (κ3) is 4.20. The Balaban J connectivity index is 1.33. The second-order valence-corrected chi connectivity index (χ2v) is 8.13. The van der Waals surface area contributed by atoms with Gasteiger partial charge < -0.3 is 9.73 Å². The zero-order chi connectivity index (χ0) is 22.9. The molecule has 0 fully saturated rings. The number of nitrogens with one attached hydrogen (secondary N) is 2. The molecule has 164 valence electrons. The Hall–Kier alpha value is -4.04. The van der Waals surface area contributed by atoms with E-state index in [9.17, 15) is 4.79 Å². The fourth-order valence-corrected chi connectivity index (χ4v) is 3.80. The molecule has 0 bridgehead atoms. The van der Waals surface area contributed by atoms with E-state index in [1.54, 1.807) is 10.9 Å². The summed E-state index contributed by atoms with van der Waals surface area (Å²) in [5.74, 6) is -0.214. The Morgan fingerprint density at radius 1 is 1.03 bits per heavy atom. The van der Waals surface area contributed by atoms with Crippen molar-refractivity contribution in [2.75, 3.05) is 5.32 Å². The highest BCUT2D eigenvalue weighted by atomic mass is 32.1. The standard InChI is InChI=1S/C25H21N5O2S/c1-3-16-8-10-18(11-9-16)30-28-20-12-15(2)19(14-21(20)29-30)26-25(33)27-24(31)23-13-17-6-4-5-7-22(17)32-23/h4-14H,3H2,1-2H3,(H2,26,27,31,33). The highest BCUT2D eigenvalue weighted by Crippen LogP contribution is 2.23. The maximum atomic E-state index is 12.6. The molecule has 2 N–H and O–H groups in total. The molecule has 0 aliphatic carbocycles. The lowest BCUT2D eigenvalue weighted by Gasteiger charge is -2.10. The summed E-state index contributed by atoms with van der Waals surface area (Å²) in [7, 11) is 0. The lowest BCUT2D eigenvalue weighted by atomic mass is 10.2. The topological polar surface area (TPSA) is 85.0 Å². The van der Waals surface area contributed by atoms with Crippen LogP contribution in [0.4, 0.5) is 5.69 Å². The van der Waals surface area contributed by atoms with Crippen LogP contribution in [0.5, 0.6) is 0 Å². The van der Waals surface area contributed by atoms with Crippen LogP contribution in [0.1, 0.15) is 28.6 Å². The van der Waals surface area contributed by atoms with Crippen molar-refractivity contribution in [3.63, 3.8) is 0 Å². The van der Waals surface area contributed by atoms with E-state index in [1.807, 2.05) is 55.5 Å². The number of rotatable bonds is 4. The number of para-hydroxylation sites is 1. The normalized spacial score (nSPS) is 11.1. The molecule has 2 heterocycles. The number of anilines is 1. The van der Waals surface area contributed by atoms with Crippen molar-refractivity contribution in [3.05, 3.63) is 83.6 Å². The fourth-order valence-electron chi connectivity index (χ4n) is 3.60. The quantitative estimate of drug-likeness (QED) is 0.364. The van der Waals surface area contributed by atoms with Crippen LogP contribution in [0.15, 0.2) is 71.1 Å². The largest absolute Gasteiger partial charge is 0.451 e. The monoisotopic (exact) mass is 455 g/mol. The Morgan fingerprint density at radius 2 is 1.76 bits per heavy atom. The van der Waals surface area contributed by atoms with Crippen LogP contribution in [0.25, 0.3) is 27.7 Å². The molecule has 2 aromatic heterocycles. The van der Waals surface area contributed by atoms with E-state index in [0.29, 0.717) is 11.1 Å². The van der Waals surface area contributed by atoms with Gasteiger partial charge in [0, 0.05) is 11.1 Å². The van der Waals surface area contributed by atoms with Gasteiger partial charge in [-0.25, -0.2) is 0 Å². The summed E-state index contributed by atoms with van der Waals surface area (Å²) in [6.45, 7) is 4.07. The van der Waals surface area contributed by atoms with E-state index < -0.39 is 5.91 Å². The van der Waals surface area contributed by atoms with Crippen LogP contribution in [-0.2, 0) is 6.42 Å². The van der Waals surface area contributed by atoms with Gasteiger partial charge in [0.2, 0.25) is 0 Å². The Morgan fingerprint density at radius 3 is 2.48 bits per heavy atom. The Labute approximate surface area is 195 Å². The molecule has 1 amide bonds. The van der Waals surface area contributed by atoms with Crippen LogP contribution in [0.2, 0.25) is 0 Å². The highest BCUT2D eigenvalue weighted by Gasteiger charge is 2.15. The lowest BCUT2D eigenvalue weighted by Crippen LogP contribution is -2.34. The van der Waals surface area contributed by atoms with Gasteiger partial charge in [-0.05, 0) is 73.1 Å². The molecule has 0 aliphatic rings. The van der Waals surface area contributed by atoms with E-state index in [-0.39, 0.29) is 10.9 Å². The van der Waals surface area contributed by atoms with Gasteiger partial charge in [0.1, 0.15) is 16.6 Å². The number of carbonyl (C=O) groups excluding carboxylic acids is 1. The smallest absolute Gasteiger partial charge is 0.293 e. The van der Waals surface area contributed by atoms with Gasteiger partial charge in [-0.3, -0.25) is 10.1 Å². The van der Waals surface area contributed by atoms with Gasteiger partial charge >= 0.3 is 0 Å². The molecule has 5 rings (SSSR count). The summed E-state index contributed by atoms with van der Waals surface area (Å²) in [5, 5.41) is 16.0. The molecule has 0 spiro atoms. The van der Waals surface area contributed by atoms with Gasteiger partial charge in [0.05, 0.1) is 5.69 Å². The molecule has 0 radical (unpaired) electrons. The van der Waals surface area contributed by atoms with E-state index >= 15 is 0 Å². The van der Waals surface area contributed by atoms with Gasteiger partial charge in [-0.2, -0.15) is 4.80 Å². The van der Waals surface area contributed by atoms with E-state index in [0.717, 1.165) is 34.3 Å². The average molecular weight is 456 g/mol. The number of furan rings is 1. The third-order valence-electron chi connectivity index (χ3n) is 5.43. The first kappa shape index (κ1) is 20.8.